The number of para-hydroxylation sites is 1. The summed E-state index contributed by atoms with van der Waals surface area (Å²) >= 11 is 0. The van der Waals surface area contributed by atoms with Crippen LogP contribution >= 0.6 is 0 Å². The quantitative estimate of drug-likeness (QED) is 0.676. The first-order valence-electron chi connectivity index (χ1n) is 9.72. The second-order valence-corrected chi connectivity index (χ2v) is 7.39. The molecule has 3 aromatic rings. The monoisotopic (exact) mass is 393 g/mol. The fourth-order valence-electron chi connectivity index (χ4n) is 3.94. The second-order valence-electron chi connectivity index (χ2n) is 7.39. The lowest BCUT2D eigenvalue weighted by Gasteiger charge is -2.36. The molecule has 0 spiro atoms. The van der Waals surface area contributed by atoms with E-state index in [0.29, 0.717) is 41.0 Å². The number of methoxy groups -OCH3 is 1. The molecule has 0 N–H and O–H groups in total. The Morgan fingerprint density at radius 3 is 2.45 bits per heavy atom. The van der Waals surface area contributed by atoms with E-state index >= 15 is 0 Å². The van der Waals surface area contributed by atoms with Gasteiger partial charge < -0.3 is 14.5 Å². The summed E-state index contributed by atoms with van der Waals surface area (Å²) in [5.74, 6) is -0.0145. The fraction of sp³-hybridized carbons (Fsp3) is 0.304. The minimum Gasteiger partial charge on any atom is -0.496 e. The molecule has 0 saturated carbocycles. The number of halogens is 1. The number of amides is 1. The van der Waals surface area contributed by atoms with Crippen LogP contribution < -0.4 is 9.64 Å². The molecule has 0 aliphatic carbocycles. The maximum absolute atomic E-state index is 13.8. The van der Waals surface area contributed by atoms with Crippen molar-refractivity contribution in [3.8, 4) is 5.75 Å². The van der Waals surface area contributed by atoms with Gasteiger partial charge in [-0.2, -0.15) is 0 Å². The number of nitrogens with zero attached hydrogens (tertiary/aromatic N) is 3. The normalized spacial score (nSPS) is 14.3. The van der Waals surface area contributed by atoms with Gasteiger partial charge in [0.25, 0.3) is 5.91 Å². The zero-order valence-electron chi connectivity index (χ0n) is 16.9. The van der Waals surface area contributed by atoms with E-state index in [1.807, 2.05) is 17.0 Å². The van der Waals surface area contributed by atoms with Gasteiger partial charge in [0.2, 0.25) is 0 Å². The molecule has 1 aliphatic rings. The van der Waals surface area contributed by atoms with Gasteiger partial charge in [-0.3, -0.25) is 4.79 Å². The Labute approximate surface area is 169 Å². The van der Waals surface area contributed by atoms with Gasteiger partial charge in [0.1, 0.15) is 17.3 Å². The number of piperazine rings is 1. The van der Waals surface area contributed by atoms with E-state index in [9.17, 15) is 9.18 Å². The number of carbonyl (C=O) groups excluding carboxylic acids is 1. The average Bonchev–Trinajstić information content (AvgIpc) is 2.73. The van der Waals surface area contributed by atoms with Crippen LogP contribution in [0.5, 0.6) is 5.75 Å². The standard InChI is InChI=1S/C23H24FN3O2/c1-15-6-4-5-7-20(15)26-8-10-27(11-9-26)23(28)19-14-21(29-3)18-13-17(24)12-16(2)22(18)25-19/h4-7,12-14H,8-11H2,1-3H3. The van der Waals surface area contributed by atoms with Gasteiger partial charge >= 0.3 is 0 Å². The smallest absolute Gasteiger partial charge is 0.272 e. The predicted molar refractivity (Wildman–Crippen MR) is 112 cm³/mol. The number of fused-ring (bicyclic) bond motifs is 1. The van der Waals surface area contributed by atoms with Crippen molar-refractivity contribution in [3.63, 3.8) is 0 Å². The summed E-state index contributed by atoms with van der Waals surface area (Å²) in [4.78, 5) is 21.8. The third kappa shape index (κ3) is 3.62. The van der Waals surface area contributed by atoms with Crippen LogP contribution in [0.15, 0.2) is 42.5 Å². The number of aryl methyl sites for hydroxylation is 2. The largest absolute Gasteiger partial charge is 0.496 e. The molecule has 150 valence electrons. The van der Waals surface area contributed by atoms with Crippen LogP contribution in [0, 0.1) is 19.7 Å². The van der Waals surface area contributed by atoms with Crippen molar-refractivity contribution in [2.75, 3.05) is 38.2 Å². The van der Waals surface area contributed by atoms with Gasteiger partial charge in [0.05, 0.1) is 12.6 Å². The molecule has 0 unspecified atom stereocenters. The summed E-state index contributed by atoms with van der Waals surface area (Å²) in [6, 6.07) is 12.7. The van der Waals surface area contributed by atoms with Crippen molar-refractivity contribution in [2.24, 2.45) is 0 Å². The van der Waals surface area contributed by atoms with Crippen molar-refractivity contribution >= 4 is 22.5 Å². The molecule has 1 aliphatic heterocycles. The number of anilines is 1. The number of ether oxygens (including phenoxy) is 1. The summed E-state index contributed by atoms with van der Waals surface area (Å²) in [5.41, 5.74) is 4.04. The summed E-state index contributed by atoms with van der Waals surface area (Å²) in [7, 11) is 1.52. The molecule has 1 aromatic heterocycles. The molecule has 1 saturated heterocycles. The van der Waals surface area contributed by atoms with Crippen LogP contribution in [-0.2, 0) is 0 Å². The molecular weight excluding hydrogens is 369 g/mol. The molecular formula is C23H24FN3O2. The zero-order chi connectivity index (χ0) is 20.5. The highest BCUT2D eigenvalue weighted by Crippen LogP contribution is 2.29. The van der Waals surface area contributed by atoms with Crippen LogP contribution in [0.3, 0.4) is 0 Å². The first-order valence-corrected chi connectivity index (χ1v) is 9.72. The topological polar surface area (TPSA) is 45.7 Å². The van der Waals surface area contributed by atoms with E-state index in [1.165, 1.54) is 30.5 Å². The summed E-state index contributed by atoms with van der Waals surface area (Å²) < 4.78 is 19.2. The molecule has 29 heavy (non-hydrogen) atoms. The van der Waals surface area contributed by atoms with Gasteiger partial charge in [-0.05, 0) is 43.2 Å². The van der Waals surface area contributed by atoms with Crippen molar-refractivity contribution < 1.29 is 13.9 Å². The van der Waals surface area contributed by atoms with Crippen LogP contribution in [0.1, 0.15) is 21.6 Å². The number of rotatable bonds is 3. The van der Waals surface area contributed by atoms with Gasteiger partial charge in [-0.1, -0.05) is 18.2 Å². The highest BCUT2D eigenvalue weighted by atomic mass is 19.1. The number of hydrogen-bond donors (Lipinski definition) is 0. The molecule has 1 fully saturated rings. The van der Waals surface area contributed by atoms with Crippen LogP contribution in [0.2, 0.25) is 0 Å². The average molecular weight is 393 g/mol. The van der Waals surface area contributed by atoms with Gasteiger partial charge in [-0.15, -0.1) is 0 Å². The number of benzene rings is 2. The van der Waals surface area contributed by atoms with E-state index in [0.717, 1.165) is 13.1 Å². The van der Waals surface area contributed by atoms with Crippen LogP contribution in [0.4, 0.5) is 10.1 Å². The number of pyridine rings is 1. The second kappa shape index (κ2) is 7.70. The van der Waals surface area contributed by atoms with Crippen LogP contribution in [0.25, 0.3) is 10.9 Å². The Balaban J connectivity index is 1.58. The van der Waals surface area contributed by atoms with Gasteiger partial charge in [-0.25, -0.2) is 9.37 Å². The molecule has 6 heteroatoms. The highest BCUT2D eigenvalue weighted by Gasteiger charge is 2.25. The van der Waals surface area contributed by atoms with E-state index in [1.54, 1.807) is 13.0 Å². The first kappa shape index (κ1) is 19.2. The minimum absolute atomic E-state index is 0.127. The molecule has 2 heterocycles. The Hall–Kier alpha value is -3.15. The zero-order valence-corrected chi connectivity index (χ0v) is 16.9. The van der Waals surface area contributed by atoms with Gasteiger partial charge in [0.15, 0.2) is 0 Å². The summed E-state index contributed by atoms with van der Waals surface area (Å²) in [6.45, 7) is 6.67. The lowest BCUT2D eigenvalue weighted by Crippen LogP contribution is -2.49. The maximum Gasteiger partial charge on any atom is 0.272 e. The molecule has 0 radical (unpaired) electrons. The van der Waals surface area contributed by atoms with Crippen molar-refractivity contribution in [1.29, 1.82) is 0 Å². The maximum atomic E-state index is 13.8. The molecule has 0 atom stereocenters. The molecule has 5 nitrogen and oxygen atoms in total. The Morgan fingerprint density at radius 1 is 1.03 bits per heavy atom. The van der Waals surface area contributed by atoms with Crippen molar-refractivity contribution in [3.05, 3.63) is 65.1 Å². The third-order valence-electron chi connectivity index (χ3n) is 5.49. The number of aromatic nitrogens is 1. The van der Waals surface area contributed by atoms with Gasteiger partial charge in [0, 0.05) is 43.3 Å². The van der Waals surface area contributed by atoms with E-state index in [4.69, 9.17) is 4.74 Å². The first-order chi connectivity index (χ1) is 14.0. The van der Waals surface area contributed by atoms with Crippen molar-refractivity contribution in [2.45, 2.75) is 13.8 Å². The Kier molecular flexibility index (Phi) is 5.09. The lowest BCUT2D eigenvalue weighted by atomic mass is 10.1. The molecule has 4 rings (SSSR count). The molecule has 2 aromatic carbocycles. The summed E-state index contributed by atoms with van der Waals surface area (Å²) in [5, 5.41) is 0.575. The van der Waals surface area contributed by atoms with Crippen LogP contribution in [-0.4, -0.2) is 49.1 Å². The summed E-state index contributed by atoms with van der Waals surface area (Å²) in [6.07, 6.45) is 0. The third-order valence-corrected chi connectivity index (χ3v) is 5.49. The predicted octanol–water partition coefficient (Wildman–Crippen LogP) is 3.96. The lowest BCUT2D eigenvalue weighted by molar-refractivity contribution is 0.0741. The fourth-order valence-corrected chi connectivity index (χ4v) is 3.94. The molecule has 0 bridgehead atoms. The number of carbonyl (C=O) groups is 1. The minimum atomic E-state index is -0.346. The van der Waals surface area contributed by atoms with E-state index in [-0.39, 0.29) is 11.7 Å². The number of hydrogen-bond acceptors (Lipinski definition) is 4. The Bertz CT molecular complexity index is 1080. The highest BCUT2D eigenvalue weighted by molar-refractivity contribution is 5.98. The van der Waals surface area contributed by atoms with Crippen molar-refractivity contribution in [1.82, 2.24) is 9.88 Å². The Morgan fingerprint density at radius 2 is 1.76 bits per heavy atom. The SMILES string of the molecule is COc1cc(C(=O)N2CCN(c3ccccc3C)CC2)nc2c(C)cc(F)cc12. The molecule has 1 amide bonds. The van der Waals surface area contributed by atoms with E-state index < -0.39 is 0 Å². The van der Waals surface area contributed by atoms with E-state index in [2.05, 4.69) is 28.9 Å².